The number of carbonyl (C=O) groups excluding carboxylic acids is 1. The van der Waals surface area contributed by atoms with Crippen LogP contribution in [0.15, 0.2) is 23.5 Å². The Bertz CT molecular complexity index is 800. The van der Waals surface area contributed by atoms with Crippen LogP contribution in [-0.4, -0.2) is 28.1 Å². The van der Waals surface area contributed by atoms with Crippen molar-refractivity contribution < 1.29 is 18.0 Å². The average Bonchev–Trinajstić information content (AvgIpc) is 3.07. The van der Waals surface area contributed by atoms with Crippen molar-refractivity contribution in [1.29, 1.82) is 0 Å². The summed E-state index contributed by atoms with van der Waals surface area (Å²) >= 11 is 1.12. The molecule has 0 fully saturated rings. The molecule has 2 rings (SSSR count). The summed E-state index contributed by atoms with van der Waals surface area (Å²) in [5.41, 5.74) is -0.134. The molecule has 0 spiro atoms. The van der Waals surface area contributed by atoms with Crippen molar-refractivity contribution in [1.82, 2.24) is 9.97 Å². The van der Waals surface area contributed by atoms with Crippen molar-refractivity contribution in [3.8, 4) is 0 Å². The van der Waals surface area contributed by atoms with E-state index in [0.29, 0.717) is 17.3 Å². The number of pyridine rings is 1. The van der Waals surface area contributed by atoms with E-state index in [1.54, 1.807) is 6.92 Å². The first-order valence-corrected chi connectivity index (χ1v) is 9.28. The topological polar surface area (TPSA) is 67.2 Å². The molecule has 0 unspecified atom stereocenters. The molecule has 2 aromatic heterocycles. The summed E-state index contributed by atoms with van der Waals surface area (Å²) in [6, 6.07) is 0.818. The fraction of sp³-hybridized carbons (Fsp3) is 0.444. The molecule has 0 aliphatic heterocycles. The molecule has 0 saturated carbocycles. The number of carbonyl (C=O) groups is 1. The van der Waals surface area contributed by atoms with Crippen molar-refractivity contribution in [2.75, 3.05) is 11.9 Å². The van der Waals surface area contributed by atoms with Crippen LogP contribution < -0.4 is 5.32 Å². The van der Waals surface area contributed by atoms with E-state index in [1.165, 1.54) is 19.5 Å². The number of aromatic nitrogens is 2. The number of nitrogens with zero attached hydrogens (tertiary/aromatic N) is 3. The summed E-state index contributed by atoms with van der Waals surface area (Å²) in [6.45, 7) is 9.82. The number of thiazole rings is 1. The summed E-state index contributed by atoms with van der Waals surface area (Å²) < 4.78 is 38.7. The summed E-state index contributed by atoms with van der Waals surface area (Å²) in [5.74, 6) is -0.723. The van der Waals surface area contributed by atoms with Crippen molar-refractivity contribution in [2.24, 2.45) is 4.99 Å². The molecule has 1 N–H and O–H groups in total. The minimum atomic E-state index is -4.50. The van der Waals surface area contributed by atoms with Gasteiger partial charge in [0.25, 0.3) is 5.91 Å². The largest absolute Gasteiger partial charge is 0.416 e. The highest BCUT2D eigenvalue weighted by atomic mass is 32.1. The Morgan fingerprint density at radius 1 is 1.22 bits per heavy atom. The number of aliphatic imine (C=N–C) groups is 1. The standard InChI is InChI=1S/C15H15F3N4OS.C3H8/c1-4-19-9(3)14-21-7-11(24-14)13(23)22-12-5-10(15(16,17)18)8(2)6-20-12;1-3-2/h5-7H,4H2,1-3H3,(H,20,22,23);3H2,1-2H3. The number of nitrogens with one attached hydrogen (secondary N) is 1. The van der Waals surface area contributed by atoms with Crippen molar-refractivity contribution in [3.05, 3.63) is 39.5 Å². The van der Waals surface area contributed by atoms with Gasteiger partial charge in [0.05, 0.1) is 17.5 Å². The third-order valence-electron chi connectivity index (χ3n) is 3.08. The van der Waals surface area contributed by atoms with Crippen LogP contribution >= 0.6 is 11.3 Å². The smallest absolute Gasteiger partial charge is 0.306 e. The number of hydrogen-bond acceptors (Lipinski definition) is 5. The maximum absolute atomic E-state index is 12.9. The van der Waals surface area contributed by atoms with Gasteiger partial charge >= 0.3 is 6.18 Å². The SMILES string of the molecule is CCC.CCN=C(C)c1ncc(C(=O)Nc2cc(C(F)(F)F)c(C)cn2)s1. The van der Waals surface area contributed by atoms with E-state index in [2.05, 4.69) is 34.1 Å². The molecule has 0 bridgehead atoms. The van der Waals surface area contributed by atoms with Crippen LogP contribution in [0.5, 0.6) is 0 Å². The molecule has 9 heteroatoms. The van der Waals surface area contributed by atoms with Crippen LogP contribution in [0.2, 0.25) is 0 Å². The molecule has 0 saturated heterocycles. The lowest BCUT2D eigenvalue weighted by Crippen LogP contribution is -2.14. The first-order valence-electron chi connectivity index (χ1n) is 8.46. The van der Waals surface area contributed by atoms with Crippen molar-refractivity contribution >= 4 is 28.8 Å². The third-order valence-corrected chi connectivity index (χ3v) is 4.19. The monoisotopic (exact) mass is 400 g/mol. The zero-order valence-electron chi connectivity index (χ0n) is 15.9. The molecular formula is C18H23F3N4OS. The average molecular weight is 400 g/mol. The van der Waals surface area contributed by atoms with Gasteiger partial charge in [0.1, 0.15) is 15.7 Å². The Morgan fingerprint density at radius 3 is 2.41 bits per heavy atom. The van der Waals surface area contributed by atoms with Crippen LogP contribution in [0, 0.1) is 6.92 Å². The first kappa shape index (κ1) is 22.8. The lowest BCUT2D eigenvalue weighted by Gasteiger charge is -2.11. The molecule has 2 heterocycles. The zero-order chi connectivity index (χ0) is 20.6. The van der Waals surface area contributed by atoms with E-state index in [1.807, 2.05) is 6.92 Å². The molecule has 0 aliphatic carbocycles. The van der Waals surface area contributed by atoms with Gasteiger partial charge in [0.2, 0.25) is 0 Å². The number of hydrogen-bond donors (Lipinski definition) is 1. The molecule has 2 aromatic rings. The second-order valence-corrected chi connectivity index (χ2v) is 6.66. The molecule has 148 valence electrons. The second kappa shape index (κ2) is 10.1. The van der Waals surface area contributed by atoms with Gasteiger partial charge in [-0.25, -0.2) is 9.97 Å². The molecule has 5 nitrogen and oxygen atoms in total. The molecular weight excluding hydrogens is 377 g/mol. The fourth-order valence-corrected chi connectivity index (χ4v) is 2.70. The second-order valence-electron chi connectivity index (χ2n) is 5.63. The molecule has 0 atom stereocenters. The Kier molecular flexibility index (Phi) is 8.55. The van der Waals surface area contributed by atoms with Gasteiger partial charge in [-0.2, -0.15) is 13.2 Å². The molecule has 0 aromatic carbocycles. The predicted molar refractivity (Wildman–Crippen MR) is 103 cm³/mol. The Hall–Kier alpha value is -2.29. The minimum absolute atomic E-state index is 0.00743. The number of rotatable bonds is 4. The van der Waals surface area contributed by atoms with Crippen LogP contribution in [0.25, 0.3) is 0 Å². The maximum atomic E-state index is 12.9. The van der Waals surface area contributed by atoms with Gasteiger partial charge in [0.15, 0.2) is 0 Å². The highest BCUT2D eigenvalue weighted by Gasteiger charge is 2.33. The van der Waals surface area contributed by atoms with Crippen molar-refractivity contribution in [3.63, 3.8) is 0 Å². The summed E-state index contributed by atoms with van der Waals surface area (Å²) in [7, 11) is 0. The maximum Gasteiger partial charge on any atom is 0.416 e. The van der Waals surface area contributed by atoms with Gasteiger partial charge in [-0.05, 0) is 32.4 Å². The van der Waals surface area contributed by atoms with E-state index in [-0.39, 0.29) is 16.3 Å². The third kappa shape index (κ3) is 6.74. The minimum Gasteiger partial charge on any atom is -0.306 e. The summed E-state index contributed by atoms with van der Waals surface area (Å²) in [6.07, 6.45) is -0.810. The van der Waals surface area contributed by atoms with Crippen LogP contribution in [0.4, 0.5) is 19.0 Å². The first-order chi connectivity index (χ1) is 12.6. The van der Waals surface area contributed by atoms with E-state index >= 15 is 0 Å². The van der Waals surface area contributed by atoms with Gasteiger partial charge in [-0.3, -0.25) is 9.79 Å². The van der Waals surface area contributed by atoms with Crippen LogP contribution in [0.3, 0.4) is 0 Å². The fourth-order valence-electron chi connectivity index (χ4n) is 1.93. The lowest BCUT2D eigenvalue weighted by molar-refractivity contribution is -0.138. The van der Waals surface area contributed by atoms with E-state index in [9.17, 15) is 18.0 Å². The van der Waals surface area contributed by atoms with E-state index < -0.39 is 17.6 Å². The van der Waals surface area contributed by atoms with Crippen molar-refractivity contribution in [2.45, 2.75) is 47.2 Å². The Balaban J connectivity index is 0.00000114. The van der Waals surface area contributed by atoms with Gasteiger partial charge in [0, 0.05) is 12.7 Å². The van der Waals surface area contributed by atoms with Crippen LogP contribution in [0.1, 0.15) is 59.9 Å². The number of amides is 1. The predicted octanol–water partition coefficient (Wildman–Crippen LogP) is 5.36. The number of halogens is 3. The van der Waals surface area contributed by atoms with E-state index in [0.717, 1.165) is 23.6 Å². The van der Waals surface area contributed by atoms with Crippen LogP contribution in [-0.2, 0) is 6.18 Å². The quantitative estimate of drug-likeness (QED) is 0.702. The van der Waals surface area contributed by atoms with Gasteiger partial charge in [-0.15, -0.1) is 11.3 Å². The molecule has 27 heavy (non-hydrogen) atoms. The number of anilines is 1. The summed E-state index contributed by atoms with van der Waals surface area (Å²) in [5, 5.41) is 2.96. The zero-order valence-corrected chi connectivity index (χ0v) is 16.8. The van der Waals surface area contributed by atoms with Gasteiger partial charge in [-0.1, -0.05) is 20.3 Å². The highest BCUT2D eigenvalue weighted by Crippen LogP contribution is 2.32. The molecule has 0 radical (unpaired) electrons. The van der Waals surface area contributed by atoms with E-state index in [4.69, 9.17) is 0 Å². The Morgan fingerprint density at radius 2 is 1.85 bits per heavy atom. The molecule has 0 aliphatic rings. The summed E-state index contributed by atoms with van der Waals surface area (Å²) in [4.78, 5) is 24.5. The lowest BCUT2D eigenvalue weighted by atomic mass is 10.1. The Labute approximate surface area is 160 Å². The highest BCUT2D eigenvalue weighted by molar-refractivity contribution is 7.15. The number of aryl methyl sites for hydroxylation is 1. The normalized spacial score (nSPS) is 11.6. The number of alkyl halides is 3. The van der Waals surface area contributed by atoms with Gasteiger partial charge < -0.3 is 5.32 Å². The molecule has 1 amide bonds.